The first-order valence-corrected chi connectivity index (χ1v) is 12.2. The fourth-order valence-electron chi connectivity index (χ4n) is 4.08. The summed E-state index contributed by atoms with van der Waals surface area (Å²) < 4.78 is 47.2. The zero-order valence-electron chi connectivity index (χ0n) is 12.7. The quantitative estimate of drug-likeness (QED) is 0.494. The summed E-state index contributed by atoms with van der Waals surface area (Å²) >= 11 is 10.7. The lowest BCUT2D eigenvalue weighted by Crippen LogP contribution is -2.45. The Morgan fingerprint density at radius 3 is 1.54 bits per heavy atom. The molecule has 4 aliphatic heterocycles. The van der Waals surface area contributed by atoms with Crippen LogP contribution < -0.4 is 10.6 Å². The van der Waals surface area contributed by atoms with Crippen LogP contribution in [0.5, 0.6) is 0 Å². The Labute approximate surface area is 151 Å². The molecule has 24 heavy (non-hydrogen) atoms. The summed E-state index contributed by atoms with van der Waals surface area (Å²) in [4.78, 5) is 3.81. The van der Waals surface area contributed by atoms with Crippen LogP contribution in [0.2, 0.25) is 0 Å². The Balaban J connectivity index is 1.45. The van der Waals surface area contributed by atoms with Crippen LogP contribution in [0.15, 0.2) is 0 Å². The van der Waals surface area contributed by atoms with Crippen LogP contribution in [0, 0.1) is 0 Å². The molecule has 0 bridgehead atoms. The van der Waals surface area contributed by atoms with Gasteiger partial charge in [-0.05, 0) is 24.4 Å². The zero-order valence-corrected chi connectivity index (χ0v) is 16.0. The van der Waals surface area contributed by atoms with Crippen molar-refractivity contribution in [3.05, 3.63) is 0 Å². The van der Waals surface area contributed by atoms with Crippen molar-refractivity contribution in [1.29, 1.82) is 0 Å². The molecule has 0 aromatic rings. The van der Waals surface area contributed by atoms with Crippen molar-refractivity contribution in [2.24, 2.45) is 0 Å². The first kappa shape index (κ1) is 16.7. The van der Waals surface area contributed by atoms with Crippen molar-refractivity contribution in [2.75, 3.05) is 36.1 Å². The molecule has 2 N–H and O–H groups in total. The Bertz CT molecular complexity index is 743. The van der Waals surface area contributed by atoms with Crippen molar-refractivity contribution in [3.8, 4) is 0 Å². The molecule has 0 amide bonds. The van der Waals surface area contributed by atoms with Gasteiger partial charge in [0.2, 0.25) is 0 Å². The molecule has 12 heteroatoms. The van der Waals surface area contributed by atoms with Crippen molar-refractivity contribution in [1.82, 2.24) is 20.4 Å². The minimum absolute atomic E-state index is 0.105. The first-order valence-electron chi connectivity index (χ1n) is 7.70. The normalized spacial score (nSPS) is 38.8. The highest BCUT2D eigenvalue weighted by Crippen LogP contribution is 2.26. The summed E-state index contributed by atoms with van der Waals surface area (Å²) in [6.07, 6.45) is 0. The lowest BCUT2D eigenvalue weighted by molar-refractivity contribution is 0.286. The third kappa shape index (κ3) is 2.76. The van der Waals surface area contributed by atoms with Crippen LogP contribution in [0.3, 0.4) is 0 Å². The third-order valence-corrected chi connectivity index (χ3v) is 9.30. The van der Waals surface area contributed by atoms with Crippen LogP contribution in [0.4, 0.5) is 0 Å². The maximum absolute atomic E-state index is 11.8. The van der Waals surface area contributed by atoms with E-state index >= 15 is 0 Å². The summed E-state index contributed by atoms with van der Waals surface area (Å²) in [5, 5.41) is 7.29. The maximum atomic E-state index is 11.8. The van der Waals surface area contributed by atoms with Gasteiger partial charge >= 0.3 is 0 Å². The van der Waals surface area contributed by atoms with Crippen molar-refractivity contribution in [2.45, 2.75) is 24.2 Å². The smallest absolute Gasteiger partial charge is 0.169 e. The Morgan fingerprint density at radius 2 is 1.17 bits per heavy atom. The summed E-state index contributed by atoms with van der Waals surface area (Å²) in [6, 6.07) is -0.582. The molecule has 4 heterocycles. The van der Waals surface area contributed by atoms with Crippen LogP contribution in [-0.2, 0) is 19.7 Å². The molecule has 4 rings (SSSR count). The van der Waals surface area contributed by atoms with E-state index in [1.54, 1.807) is 0 Å². The van der Waals surface area contributed by atoms with E-state index in [4.69, 9.17) is 24.4 Å². The Morgan fingerprint density at radius 1 is 0.792 bits per heavy atom. The zero-order chi connectivity index (χ0) is 17.3. The third-order valence-electron chi connectivity index (χ3n) is 5.17. The van der Waals surface area contributed by atoms with E-state index in [1.165, 1.54) is 0 Å². The number of nitrogens with zero attached hydrogens (tertiary/aromatic N) is 2. The van der Waals surface area contributed by atoms with Crippen LogP contribution >= 0.6 is 24.4 Å². The van der Waals surface area contributed by atoms with Gasteiger partial charge < -0.3 is 20.4 Å². The van der Waals surface area contributed by atoms with E-state index in [0.29, 0.717) is 23.3 Å². The number of hydrogen-bond acceptors (Lipinski definition) is 6. The summed E-state index contributed by atoms with van der Waals surface area (Å²) in [5.74, 6) is 0.434. The van der Waals surface area contributed by atoms with Gasteiger partial charge in [0.1, 0.15) is 0 Å². The van der Waals surface area contributed by atoms with E-state index in [9.17, 15) is 16.8 Å². The fourth-order valence-corrected chi connectivity index (χ4v) is 8.68. The molecule has 4 fully saturated rings. The number of rotatable bonds is 3. The number of nitrogens with one attached hydrogen (secondary N) is 2. The van der Waals surface area contributed by atoms with E-state index in [2.05, 4.69) is 10.6 Å². The lowest BCUT2D eigenvalue weighted by atomic mass is 10.2. The minimum atomic E-state index is -3.03. The highest BCUT2D eigenvalue weighted by Gasteiger charge is 2.49. The molecule has 4 aliphatic rings. The highest BCUT2D eigenvalue weighted by atomic mass is 32.2. The molecule has 0 saturated carbocycles. The SMILES string of the molecule is O=S1(=O)C[C@@H]2[C@@H](C1)NC(=S)N2CCN1C(=S)N[C@@H]2CS(=O)(=O)C[C@@H]21. The van der Waals surface area contributed by atoms with E-state index < -0.39 is 19.7 Å². The molecule has 4 saturated heterocycles. The van der Waals surface area contributed by atoms with E-state index in [0.717, 1.165) is 0 Å². The molecule has 0 aromatic heterocycles. The molecule has 0 spiro atoms. The molecule has 4 atom stereocenters. The molecule has 8 nitrogen and oxygen atoms in total. The second kappa shape index (κ2) is 5.39. The van der Waals surface area contributed by atoms with Gasteiger partial charge in [0, 0.05) is 13.1 Å². The Kier molecular flexibility index (Phi) is 3.76. The average Bonchev–Trinajstić information content (AvgIpc) is 3.05. The highest BCUT2D eigenvalue weighted by molar-refractivity contribution is 7.92. The average molecular weight is 411 g/mol. The maximum Gasteiger partial charge on any atom is 0.169 e. The van der Waals surface area contributed by atoms with Crippen LogP contribution in [-0.4, -0.2) is 97.1 Å². The van der Waals surface area contributed by atoms with Gasteiger partial charge in [0.05, 0.1) is 47.2 Å². The monoisotopic (exact) mass is 410 g/mol. The Hall–Kier alpha value is -0.720. The van der Waals surface area contributed by atoms with Gasteiger partial charge in [-0.2, -0.15) is 0 Å². The molecular weight excluding hydrogens is 392 g/mol. The largest absolute Gasteiger partial charge is 0.357 e. The van der Waals surface area contributed by atoms with Crippen LogP contribution in [0.1, 0.15) is 0 Å². The van der Waals surface area contributed by atoms with E-state index in [-0.39, 0.29) is 47.2 Å². The fraction of sp³-hybridized carbons (Fsp3) is 0.833. The van der Waals surface area contributed by atoms with Gasteiger partial charge in [0.25, 0.3) is 0 Å². The predicted octanol–water partition coefficient (Wildman–Crippen LogP) is -2.30. The van der Waals surface area contributed by atoms with Gasteiger partial charge in [0.15, 0.2) is 29.9 Å². The minimum Gasteiger partial charge on any atom is -0.357 e. The predicted molar refractivity (Wildman–Crippen MR) is 97.3 cm³/mol. The van der Waals surface area contributed by atoms with Crippen molar-refractivity contribution in [3.63, 3.8) is 0 Å². The number of thiocarbonyl (C=S) groups is 2. The summed E-state index contributed by atoms with van der Waals surface area (Å²) in [6.45, 7) is 1.04. The molecule has 0 aromatic carbocycles. The topological polar surface area (TPSA) is 98.8 Å². The second-order valence-corrected chi connectivity index (χ2v) is 11.9. The van der Waals surface area contributed by atoms with Crippen molar-refractivity contribution >= 4 is 54.3 Å². The van der Waals surface area contributed by atoms with Gasteiger partial charge in [-0.3, -0.25) is 0 Å². The number of hydrogen-bond donors (Lipinski definition) is 2. The second-order valence-electron chi connectivity index (χ2n) is 6.79. The molecule has 0 aliphatic carbocycles. The first-order chi connectivity index (χ1) is 11.2. The summed E-state index contributed by atoms with van der Waals surface area (Å²) in [7, 11) is -6.07. The number of fused-ring (bicyclic) bond motifs is 2. The molecule has 0 unspecified atom stereocenters. The molecule has 0 radical (unpaired) electrons. The van der Waals surface area contributed by atoms with Crippen molar-refractivity contribution < 1.29 is 16.8 Å². The van der Waals surface area contributed by atoms with Gasteiger partial charge in [-0.15, -0.1) is 0 Å². The van der Waals surface area contributed by atoms with E-state index in [1.807, 2.05) is 9.80 Å². The van der Waals surface area contributed by atoms with Gasteiger partial charge in [-0.1, -0.05) is 0 Å². The lowest BCUT2D eigenvalue weighted by Gasteiger charge is -2.29. The van der Waals surface area contributed by atoms with Crippen LogP contribution in [0.25, 0.3) is 0 Å². The summed E-state index contributed by atoms with van der Waals surface area (Å²) in [5.41, 5.74) is 0. The molecular formula is C12H18N4O4S4. The standard InChI is InChI=1S/C12H18N4O4S4/c17-23(18)3-7-9(5-23)15(11(21)13-7)1-2-16-10-6-24(19,20)4-8(10)14-12(16)22/h7-10H,1-6H2,(H,13,21)(H,14,22)/t7-,8-,9-,10+/m1/s1. The van der Waals surface area contributed by atoms with Gasteiger partial charge in [-0.25, -0.2) is 16.8 Å². The molecule has 134 valence electrons. The number of sulfone groups is 2.